The lowest BCUT2D eigenvalue weighted by Gasteiger charge is -2.03. The summed E-state index contributed by atoms with van der Waals surface area (Å²) >= 11 is 2.14. The third-order valence-electron chi connectivity index (χ3n) is 2.21. The summed E-state index contributed by atoms with van der Waals surface area (Å²) in [4.78, 5) is 22.2. The molecule has 0 saturated carbocycles. The normalized spacial score (nSPS) is 16.9. The van der Waals surface area contributed by atoms with Crippen LogP contribution in [0.4, 0.5) is 4.79 Å². The number of halogens is 1. The molecule has 1 saturated heterocycles. The number of methoxy groups -OCH3 is 1. The number of nitrogens with one attached hydrogen (secondary N) is 2. The highest BCUT2D eigenvalue weighted by Crippen LogP contribution is 2.22. The van der Waals surface area contributed by atoms with E-state index in [4.69, 9.17) is 4.74 Å². The predicted molar refractivity (Wildman–Crippen MR) is 70.4 cm³/mol. The topological polar surface area (TPSA) is 67.4 Å². The Hall–Kier alpha value is -1.57. The summed E-state index contributed by atoms with van der Waals surface area (Å²) in [5.41, 5.74) is 1.07. The van der Waals surface area contributed by atoms with E-state index in [0.29, 0.717) is 0 Å². The molecule has 1 aromatic carbocycles. The first-order chi connectivity index (χ1) is 8.10. The van der Waals surface area contributed by atoms with Gasteiger partial charge in [0.05, 0.1) is 10.7 Å². The van der Waals surface area contributed by atoms with Crippen LogP contribution in [0.15, 0.2) is 23.9 Å². The minimum absolute atomic E-state index is 0.246. The monoisotopic (exact) mass is 344 g/mol. The second-order valence-corrected chi connectivity index (χ2v) is 4.52. The van der Waals surface area contributed by atoms with Crippen molar-refractivity contribution in [2.24, 2.45) is 0 Å². The maximum Gasteiger partial charge on any atom is 0.326 e. The molecule has 1 heterocycles. The summed E-state index contributed by atoms with van der Waals surface area (Å²) in [5, 5.41) is 4.57. The Kier molecular flexibility index (Phi) is 3.32. The lowest BCUT2D eigenvalue weighted by Crippen LogP contribution is -2.22. The lowest BCUT2D eigenvalue weighted by atomic mass is 10.2. The number of amides is 3. The van der Waals surface area contributed by atoms with Gasteiger partial charge in [0.25, 0.3) is 5.91 Å². The number of imide groups is 1. The minimum Gasteiger partial charge on any atom is -0.496 e. The fourth-order valence-corrected chi connectivity index (χ4v) is 2.18. The van der Waals surface area contributed by atoms with Gasteiger partial charge in [-0.2, -0.15) is 0 Å². The molecule has 1 aliphatic rings. The molecular weight excluding hydrogens is 335 g/mol. The van der Waals surface area contributed by atoms with E-state index < -0.39 is 11.9 Å². The van der Waals surface area contributed by atoms with Gasteiger partial charge in [0.1, 0.15) is 11.4 Å². The van der Waals surface area contributed by atoms with Crippen molar-refractivity contribution in [2.75, 3.05) is 7.11 Å². The van der Waals surface area contributed by atoms with Crippen LogP contribution in [0.5, 0.6) is 5.75 Å². The van der Waals surface area contributed by atoms with E-state index in [0.717, 1.165) is 14.9 Å². The van der Waals surface area contributed by atoms with Crippen molar-refractivity contribution in [1.82, 2.24) is 10.6 Å². The fraction of sp³-hybridized carbons (Fsp3) is 0.0909. The smallest absolute Gasteiger partial charge is 0.326 e. The predicted octanol–water partition coefficient (Wildman–Crippen LogP) is 1.48. The van der Waals surface area contributed by atoms with Crippen LogP contribution in [0.1, 0.15) is 5.56 Å². The third kappa shape index (κ3) is 2.57. The van der Waals surface area contributed by atoms with Crippen molar-refractivity contribution in [1.29, 1.82) is 0 Å². The van der Waals surface area contributed by atoms with E-state index in [1.807, 2.05) is 18.2 Å². The summed E-state index contributed by atoms with van der Waals surface area (Å²) in [6.07, 6.45) is 1.61. The quantitative estimate of drug-likeness (QED) is 0.485. The molecule has 0 radical (unpaired) electrons. The van der Waals surface area contributed by atoms with Crippen LogP contribution < -0.4 is 15.4 Å². The highest BCUT2D eigenvalue weighted by molar-refractivity contribution is 14.1. The van der Waals surface area contributed by atoms with Gasteiger partial charge in [0.2, 0.25) is 0 Å². The molecule has 88 valence electrons. The summed E-state index contributed by atoms with van der Waals surface area (Å²) in [6.45, 7) is 0. The van der Waals surface area contributed by atoms with Crippen molar-refractivity contribution >= 4 is 40.6 Å². The van der Waals surface area contributed by atoms with Crippen LogP contribution in [0.25, 0.3) is 6.08 Å². The number of urea groups is 1. The van der Waals surface area contributed by atoms with E-state index in [9.17, 15) is 9.59 Å². The molecule has 0 spiro atoms. The number of hydrogen-bond acceptors (Lipinski definition) is 3. The molecule has 1 aromatic rings. The van der Waals surface area contributed by atoms with Gasteiger partial charge in [-0.15, -0.1) is 0 Å². The minimum atomic E-state index is -0.496. The molecule has 3 amide bonds. The van der Waals surface area contributed by atoms with Crippen molar-refractivity contribution in [3.63, 3.8) is 0 Å². The second-order valence-electron chi connectivity index (χ2n) is 3.36. The standard InChI is InChI=1S/C11H9IN2O3/c1-17-9-3-2-6(4-7(9)12)5-8-10(15)14-11(16)13-8/h2-5H,1H3,(H2,13,14,15,16)/b8-5+. The van der Waals surface area contributed by atoms with Gasteiger partial charge in [-0.25, -0.2) is 4.79 Å². The molecule has 2 rings (SSSR count). The van der Waals surface area contributed by atoms with Crippen molar-refractivity contribution < 1.29 is 14.3 Å². The van der Waals surface area contributed by atoms with E-state index in [-0.39, 0.29) is 5.70 Å². The zero-order valence-corrected chi connectivity index (χ0v) is 11.1. The van der Waals surface area contributed by atoms with E-state index in [1.54, 1.807) is 13.2 Å². The highest BCUT2D eigenvalue weighted by atomic mass is 127. The third-order valence-corrected chi connectivity index (χ3v) is 3.05. The molecule has 6 heteroatoms. The van der Waals surface area contributed by atoms with Gasteiger partial charge in [-0.1, -0.05) is 6.07 Å². The Labute approximate surface area is 111 Å². The first-order valence-electron chi connectivity index (χ1n) is 4.77. The first kappa shape index (κ1) is 11.9. The van der Waals surface area contributed by atoms with Crippen molar-refractivity contribution in [2.45, 2.75) is 0 Å². The molecule has 0 atom stereocenters. The highest BCUT2D eigenvalue weighted by Gasteiger charge is 2.22. The van der Waals surface area contributed by atoms with E-state index in [1.165, 1.54) is 0 Å². The Morgan fingerprint density at radius 1 is 1.29 bits per heavy atom. The molecule has 0 unspecified atom stereocenters. The molecule has 1 fully saturated rings. The number of benzene rings is 1. The molecule has 1 aliphatic heterocycles. The summed E-state index contributed by atoms with van der Waals surface area (Å²) < 4.78 is 6.07. The molecule has 0 aliphatic carbocycles. The zero-order valence-electron chi connectivity index (χ0n) is 8.91. The molecule has 5 nitrogen and oxygen atoms in total. The largest absolute Gasteiger partial charge is 0.496 e. The average molecular weight is 344 g/mol. The number of carbonyl (C=O) groups is 2. The first-order valence-corrected chi connectivity index (χ1v) is 5.85. The van der Waals surface area contributed by atoms with Gasteiger partial charge in [-0.05, 0) is 46.4 Å². The lowest BCUT2D eigenvalue weighted by molar-refractivity contribution is -0.115. The summed E-state index contributed by atoms with van der Waals surface area (Å²) in [5.74, 6) is 0.355. The zero-order chi connectivity index (χ0) is 12.4. The van der Waals surface area contributed by atoms with Gasteiger partial charge < -0.3 is 10.1 Å². The maximum absolute atomic E-state index is 11.3. The summed E-state index contributed by atoms with van der Waals surface area (Å²) in [6, 6.07) is 4.99. The van der Waals surface area contributed by atoms with Crippen LogP contribution >= 0.6 is 22.6 Å². The van der Waals surface area contributed by atoms with Crippen LogP contribution in [-0.4, -0.2) is 19.0 Å². The number of hydrogen-bond donors (Lipinski definition) is 2. The van der Waals surface area contributed by atoms with Gasteiger partial charge in [0, 0.05) is 0 Å². The second kappa shape index (κ2) is 4.74. The Morgan fingerprint density at radius 2 is 2.06 bits per heavy atom. The Balaban J connectivity index is 2.30. The molecule has 17 heavy (non-hydrogen) atoms. The van der Waals surface area contributed by atoms with Crippen LogP contribution in [0, 0.1) is 3.57 Å². The van der Waals surface area contributed by atoms with Gasteiger partial charge in [0.15, 0.2) is 0 Å². The van der Waals surface area contributed by atoms with Crippen molar-refractivity contribution in [3.05, 3.63) is 33.0 Å². The number of ether oxygens (including phenoxy) is 1. The SMILES string of the molecule is COc1ccc(/C=C2/NC(=O)NC2=O)cc1I. The molecular formula is C11H9IN2O3. The molecule has 0 aromatic heterocycles. The van der Waals surface area contributed by atoms with Crippen molar-refractivity contribution in [3.8, 4) is 5.75 Å². The Bertz CT molecular complexity index is 525. The number of rotatable bonds is 2. The van der Waals surface area contributed by atoms with Crippen LogP contribution in [0.2, 0.25) is 0 Å². The van der Waals surface area contributed by atoms with Crippen LogP contribution in [0.3, 0.4) is 0 Å². The Morgan fingerprint density at radius 3 is 2.59 bits per heavy atom. The molecule has 0 bridgehead atoms. The average Bonchev–Trinajstić information content (AvgIpc) is 2.58. The van der Waals surface area contributed by atoms with Crippen LogP contribution in [-0.2, 0) is 4.79 Å². The van der Waals surface area contributed by atoms with E-state index in [2.05, 4.69) is 33.2 Å². The van der Waals surface area contributed by atoms with Gasteiger partial charge in [-0.3, -0.25) is 10.1 Å². The molecule has 2 N–H and O–H groups in total. The summed E-state index contributed by atoms with van der Waals surface area (Å²) in [7, 11) is 1.60. The maximum atomic E-state index is 11.3. The van der Waals surface area contributed by atoms with Gasteiger partial charge >= 0.3 is 6.03 Å². The number of carbonyl (C=O) groups excluding carboxylic acids is 2. The van der Waals surface area contributed by atoms with E-state index >= 15 is 0 Å². The fourth-order valence-electron chi connectivity index (χ4n) is 1.42.